The van der Waals surface area contributed by atoms with Crippen LogP contribution in [0.4, 0.5) is 5.69 Å². The molecule has 9 heteroatoms. The number of fused-ring (bicyclic) bond motifs is 1. The van der Waals surface area contributed by atoms with Crippen LogP contribution in [0.5, 0.6) is 0 Å². The number of benzene rings is 2. The summed E-state index contributed by atoms with van der Waals surface area (Å²) < 4.78 is 12.9. The fraction of sp³-hybridized carbons (Fsp3) is 0.259. The average Bonchev–Trinajstić information content (AvgIpc) is 3.37. The zero-order chi connectivity index (χ0) is 26.0. The van der Waals surface area contributed by atoms with Gasteiger partial charge in [-0.15, -0.1) is 5.10 Å². The van der Waals surface area contributed by atoms with E-state index in [-0.39, 0.29) is 29.1 Å². The van der Waals surface area contributed by atoms with Crippen LogP contribution in [-0.4, -0.2) is 46.1 Å². The van der Waals surface area contributed by atoms with Crippen LogP contribution in [0.3, 0.4) is 0 Å². The first kappa shape index (κ1) is 24.7. The molecule has 0 bridgehead atoms. The highest BCUT2D eigenvalue weighted by atomic mass is 16.5. The number of rotatable bonds is 7. The molecule has 0 saturated carbocycles. The van der Waals surface area contributed by atoms with E-state index in [1.807, 2.05) is 35.0 Å². The van der Waals surface area contributed by atoms with E-state index >= 15 is 0 Å². The third kappa shape index (κ3) is 4.72. The van der Waals surface area contributed by atoms with Crippen molar-refractivity contribution in [1.29, 1.82) is 0 Å². The predicted octanol–water partition coefficient (Wildman–Crippen LogP) is 4.63. The zero-order valence-corrected chi connectivity index (χ0v) is 20.5. The molecule has 1 aliphatic rings. The summed E-state index contributed by atoms with van der Waals surface area (Å²) in [5.74, 6) is -1.66. The summed E-state index contributed by atoms with van der Waals surface area (Å²) in [5, 5.41) is 15.5. The molecule has 36 heavy (non-hydrogen) atoms. The highest BCUT2D eigenvalue weighted by Crippen LogP contribution is 2.30. The van der Waals surface area contributed by atoms with Crippen molar-refractivity contribution < 1.29 is 29.0 Å². The highest BCUT2D eigenvalue weighted by Gasteiger charge is 2.33. The first-order valence-corrected chi connectivity index (χ1v) is 11.6. The lowest BCUT2D eigenvalue weighted by Crippen LogP contribution is -2.22. The van der Waals surface area contributed by atoms with Crippen LogP contribution in [-0.2, 0) is 19.1 Å². The van der Waals surface area contributed by atoms with Gasteiger partial charge in [0.1, 0.15) is 11.6 Å². The maximum atomic E-state index is 13.4. The number of aromatic nitrogens is 1. The molecule has 2 aromatic carbocycles. The van der Waals surface area contributed by atoms with Crippen molar-refractivity contribution in [3.63, 3.8) is 0 Å². The summed E-state index contributed by atoms with van der Waals surface area (Å²) in [6.45, 7) is 7.47. The lowest BCUT2D eigenvalue weighted by Gasteiger charge is -2.16. The van der Waals surface area contributed by atoms with Gasteiger partial charge in [-0.2, -0.15) is 5.01 Å². The van der Waals surface area contributed by atoms with Gasteiger partial charge >= 0.3 is 11.9 Å². The summed E-state index contributed by atoms with van der Waals surface area (Å²) in [6, 6.07) is 12.9. The Labute approximate surface area is 208 Å². The molecule has 0 fully saturated rings. The third-order valence-electron chi connectivity index (χ3n) is 5.67. The van der Waals surface area contributed by atoms with Gasteiger partial charge in [0.05, 0.1) is 24.0 Å². The number of carboxylic acid groups (broad SMARTS) is 1. The van der Waals surface area contributed by atoms with Gasteiger partial charge < -0.3 is 19.1 Å². The number of carboxylic acids is 1. The SMILES string of the molecule is CCOC1=NN(c2ccc(C(=O)O)cc2)C(=O)C1=Cc1cn(C(C)C(=O)OC(C)C)c2ccccc12. The second-order valence-corrected chi connectivity index (χ2v) is 8.54. The summed E-state index contributed by atoms with van der Waals surface area (Å²) in [5.41, 5.74) is 2.30. The molecule has 1 N–H and O–H groups in total. The number of ether oxygens (including phenoxy) is 2. The molecule has 0 spiro atoms. The molecule has 9 nitrogen and oxygen atoms in total. The van der Waals surface area contributed by atoms with E-state index in [2.05, 4.69) is 5.10 Å². The summed E-state index contributed by atoms with van der Waals surface area (Å²) in [6.07, 6.45) is 3.27. The minimum atomic E-state index is -1.06. The minimum absolute atomic E-state index is 0.105. The van der Waals surface area contributed by atoms with Gasteiger partial charge in [0.2, 0.25) is 5.90 Å². The van der Waals surface area contributed by atoms with Gasteiger partial charge in [0, 0.05) is 22.7 Å². The third-order valence-corrected chi connectivity index (χ3v) is 5.67. The Hall–Kier alpha value is -4.40. The predicted molar refractivity (Wildman–Crippen MR) is 136 cm³/mol. The number of para-hydroxylation sites is 1. The molecule has 3 aromatic rings. The Kier molecular flexibility index (Phi) is 6.91. The number of hydrogen-bond donors (Lipinski definition) is 1. The molecule has 1 unspecified atom stereocenters. The Morgan fingerprint density at radius 2 is 1.78 bits per heavy atom. The molecule has 186 valence electrons. The van der Waals surface area contributed by atoms with E-state index in [0.29, 0.717) is 17.9 Å². The van der Waals surface area contributed by atoms with Crippen molar-refractivity contribution in [3.8, 4) is 0 Å². The number of esters is 1. The molecular weight excluding hydrogens is 462 g/mol. The normalized spacial score (nSPS) is 15.5. The van der Waals surface area contributed by atoms with Crippen molar-refractivity contribution in [2.45, 2.75) is 39.8 Å². The van der Waals surface area contributed by atoms with Crippen LogP contribution in [0.1, 0.15) is 49.7 Å². The van der Waals surface area contributed by atoms with E-state index in [1.165, 1.54) is 29.3 Å². The topological polar surface area (TPSA) is 110 Å². The molecule has 1 atom stereocenters. The molecule has 2 heterocycles. The van der Waals surface area contributed by atoms with Gasteiger partial charge in [-0.1, -0.05) is 18.2 Å². The molecule has 1 aliphatic heterocycles. The maximum absolute atomic E-state index is 13.4. The molecule has 1 aromatic heterocycles. The van der Waals surface area contributed by atoms with Crippen LogP contribution in [0.25, 0.3) is 17.0 Å². The van der Waals surface area contributed by atoms with E-state index in [4.69, 9.17) is 14.6 Å². The second kappa shape index (κ2) is 10.1. The lowest BCUT2D eigenvalue weighted by molar-refractivity contribution is -0.150. The molecular formula is C27H27N3O6. The number of aromatic carboxylic acids is 1. The number of carbonyl (C=O) groups is 3. The smallest absolute Gasteiger partial charge is 0.335 e. The van der Waals surface area contributed by atoms with Crippen LogP contribution >= 0.6 is 0 Å². The number of carbonyl (C=O) groups excluding carboxylic acids is 2. The van der Waals surface area contributed by atoms with Crippen LogP contribution in [0.15, 0.2) is 65.4 Å². The molecule has 0 saturated heterocycles. The van der Waals surface area contributed by atoms with Gasteiger partial charge in [0.15, 0.2) is 0 Å². The number of amides is 1. The summed E-state index contributed by atoms with van der Waals surface area (Å²) in [7, 11) is 0. The lowest BCUT2D eigenvalue weighted by atomic mass is 10.1. The average molecular weight is 490 g/mol. The van der Waals surface area contributed by atoms with Crippen molar-refractivity contribution in [2.24, 2.45) is 5.10 Å². The molecule has 0 aliphatic carbocycles. The molecule has 1 amide bonds. The van der Waals surface area contributed by atoms with Crippen molar-refractivity contribution in [1.82, 2.24) is 4.57 Å². The van der Waals surface area contributed by atoms with Crippen molar-refractivity contribution >= 4 is 46.4 Å². The standard InChI is InChI=1S/C27H27N3O6/c1-5-35-24-22(25(31)30(28-24)20-12-10-18(11-13-20)26(32)33)14-19-15-29(17(4)27(34)36-16(2)3)23-9-7-6-8-21(19)23/h6-17H,5H2,1-4H3,(H,32,33). The fourth-order valence-corrected chi connectivity index (χ4v) is 3.95. The molecule has 4 rings (SSSR count). The first-order valence-electron chi connectivity index (χ1n) is 11.6. The van der Waals surface area contributed by atoms with Crippen LogP contribution < -0.4 is 5.01 Å². The number of nitrogens with zero attached hydrogens (tertiary/aromatic N) is 3. The van der Waals surface area contributed by atoms with Crippen LogP contribution in [0, 0.1) is 0 Å². The summed E-state index contributed by atoms with van der Waals surface area (Å²) >= 11 is 0. The number of anilines is 1. The van der Waals surface area contributed by atoms with Crippen molar-refractivity contribution in [3.05, 3.63) is 71.4 Å². The Morgan fingerprint density at radius 3 is 2.42 bits per heavy atom. The Bertz CT molecular complexity index is 1380. The largest absolute Gasteiger partial charge is 0.478 e. The van der Waals surface area contributed by atoms with Crippen molar-refractivity contribution in [2.75, 3.05) is 11.6 Å². The number of hydrazone groups is 1. The fourth-order valence-electron chi connectivity index (χ4n) is 3.95. The second-order valence-electron chi connectivity index (χ2n) is 8.54. The maximum Gasteiger partial charge on any atom is 0.335 e. The van der Waals surface area contributed by atoms with Gasteiger partial charge in [-0.05, 0) is 64.1 Å². The Morgan fingerprint density at radius 1 is 1.08 bits per heavy atom. The monoisotopic (exact) mass is 489 g/mol. The van der Waals surface area contributed by atoms with Crippen LogP contribution in [0.2, 0.25) is 0 Å². The highest BCUT2D eigenvalue weighted by molar-refractivity contribution is 6.30. The number of hydrogen-bond acceptors (Lipinski definition) is 6. The van der Waals surface area contributed by atoms with Gasteiger partial charge in [0.25, 0.3) is 5.91 Å². The van der Waals surface area contributed by atoms with E-state index < -0.39 is 17.9 Å². The van der Waals surface area contributed by atoms with Gasteiger partial charge in [-0.3, -0.25) is 4.79 Å². The van der Waals surface area contributed by atoms with Gasteiger partial charge in [-0.25, -0.2) is 9.59 Å². The van der Waals surface area contributed by atoms with E-state index in [1.54, 1.807) is 33.8 Å². The first-order chi connectivity index (χ1) is 17.2. The zero-order valence-electron chi connectivity index (χ0n) is 20.5. The summed E-state index contributed by atoms with van der Waals surface area (Å²) in [4.78, 5) is 37.2. The quantitative estimate of drug-likeness (QED) is 0.383. The Balaban J connectivity index is 1.75. The molecule has 0 radical (unpaired) electrons. The van der Waals surface area contributed by atoms with E-state index in [9.17, 15) is 14.4 Å². The van der Waals surface area contributed by atoms with E-state index in [0.717, 1.165) is 10.9 Å². The minimum Gasteiger partial charge on any atom is -0.478 e.